The van der Waals surface area contributed by atoms with E-state index in [9.17, 15) is 9.59 Å². The lowest BCUT2D eigenvalue weighted by atomic mass is 10.1. The van der Waals surface area contributed by atoms with Crippen LogP contribution in [-0.4, -0.2) is 35.4 Å². The molecular weight excluding hydrogens is 220 g/mol. The number of pyridine rings is 1. The fourth-order valence-corrected chi connectivity index (χ4v) is 2.06. The molecule has 90 valence electrons. The molecule has 5 nitrogen and oxygen atoms in total. The first-order valence-corrected chi connectivity index (χ1v) is 5.54. The Bertz CT molecular complexity index is 459. The molecule has 1 aliphatic rings. The third kappa shape index (κ3) is 1.77. The van der Waals surface area contributed by atoms with E-state index in [1.165, 1.54) is 12.0 Å². The monoisotopic (exact) mass is 234 g/mol. The standard InChI is InChI=1S/C12H14N2O3/c1-3-7-14-10(12(16)17-2)9-8(11(14)15)5-4-6-13-9/h4-6,10H,3,7H2,1-2H3/t10-/m0/s1. The number of ether oxygens (including phenoxy) is 1. The number of amides is 1. The van der Waals surface area contributed by atoms with Crippen LogP contribution in [0.5, 0.6) is 0 Å². The van der Waals surface area contributed by atoms with Crippen molar-refractivity contribution in [3.63, 3.8) is 0 Å². The van der Waals surface area contributed by atoms with Gasteiger partial charge in [0, 0.05) is 12.7 Å². The molecule has 1 amide bonds. The highest BCUT2D eigenvalue weighted by Gasteiger charge is 2.42. The molecule has 0 aromatic carbocycles. The minimum atomic E-state index is -0.691. The van der Waals surface area contributed by atoms with Crippen LogP contribution < -0.4 is 0 Å². The molecule has 17 heavy (non-hydrogen) atoms. The molecule has 0 unspecified atom stereocenters. The number of esters is 1. The molecule has 1 aliphatic heterocycles. The fraction of sp³-hybridized carbons (Fsp3) is 0.417. The van der Waals surface area contributed by atoms with Gasteiger partial charge in [-0.1, -0.05) is 6.92 Å². The lowest BCUT2D eigenvalue weighted by Gasteiger charge is -2.21. The van der Waals surface area contributed by atoms with E-state index in [1.807, 2.05) is 6.92 Å². The highest BCUT2D eigenvalue weighted by atomic mass is 16.5. The van der Waals surface area contributed by atoms with Crippen molar-refractivity contribution >= 4 is 11.9 Å². The Morgan fingerprint density at radius 2 is 2.35 bits per heavy atom. The van der Waals surface area contributed by atoms with E-state index in [0.29, 0.717) is 17.8 Å². The summed E-state index contributed by atoms with van der Waals surface area (Å²) in [6, 6.07) is 2.69. The third-order valence-electron chi connectivity index (χ3n) is 2.79. The summed E-state index contributed by atoms with van der Waals surface area (Å²) < 4.78 is 4.74. The number of aromatic nitrogens is 1. The van der Waals surface area contributed by atoms with Crippen LogP contribution in [0, 0.1) is 0 Å². The molecule has 1 aromatic rings. The zero-order chi connectivity index (χ0) is 12.4. The maximum absolute atomic E-state index is 12.1. The molecule has 0 spiro atoms. The largest absolute Gasteiger partial charge is 0.467 e. The number of rotatable bonds is 3. The molecule has 2 rings (SSSR count). The van der Waals surface area contributed by atoms with Gasteiger partial charge < -0.3 is 9.64 Å². The maximum atomic E-state index is 12.1. The Balaban J connectivity index is 2.45. The van der Waals surface area contributed by atoms with Crippen LogP contribution in [0.15, 0.2) is 18.3 Å². The van der Waals surface area contributed by atoms with Crippen LogP contribution in [0.25, 0.3) is 0 Å². The molecule has 1 atom stereocenters. The summed E-state index contributed by atoms with van der Waals surface area (Å²) in [6.45, 7) is 2.48. The van der Waals surface area contributed by atoms with Crippen molar-refractivity contribution < 1.29 is 14.3 Å². The Kier molecular flexibility index (Phi) is 3.08. The predicted octanol–water partition coefficient (Wildman–Crippen LogP) is 1.16. The van der Waals surface area contributed by atoms with E-state index in [0.717, 1.165) is 6.42 Å². The summed E-state index contributed by atoms with van der Waals surface area (Å²) >= 11 is 0. The molecule has 0 bridgehead atoms. The Morgan fingerprint density at radius 1 is 1.59 bits per heavy atom. The van der Waals surface area contributed by atoms with Gasteiger partial charge in [-0.3, -0.25) is 9.78 Å². The van der Waals surface area contributed by atoms with Crippen molar-refractivity contribution in [3.8, 4) is 0 Å². The maximum Gasteiger partial charge on any atom is 0.334 e. The van der Waals surface area contributed by atoms with Crippen molar-refractivity contribution in [1.82, 2.24) is 9.88 Å². The average molecular weight is 234 g/mol. The lowest BCUT2D eigenvalue weighted by molar-refractivity contribution is -0.146. The minimum Gasteiger partial charge on any atom is -0.467 e. The van der Waals surface area contributed by atoms with Crippen LogP contribution in [0.1, 0.15) is 35.4 Å². The number of nitrogens with zero attached hydrogens (tertiary/aromatic N) is 2. The van der Waals surface area contributed by atoms with Crippen LogP contribution in [0.3, 0.4) is 0 Å². The van der Waals surface area contributed by atoms with E-state index in [2.05, 4.69) is 4.98 Å². The van der Waals surface area contributed by atoms with E-state index in [-0.39, 0.29) is 5.91 Å². The van der Waals surface area contributed by atoms with Crippen molar-refractivity contribution in [2.45, 2.75) is 19.4 Å². The van der Waals surface area contributed by atoms with Gasteiger partial charge in [-0.05, 0) is 18.6 Å². The van der Waals surface area contributed by atoms with Crippen LogP contribution in [0.4, 0.5) is 0 Å². The summed E-state index contributed by atoms with van der Waals surface area (Å²) in [5.41, 5.74) is 0.995. The van der Waals surface area contributed by atoms with Gasteiger partial charge in [0.05, 0.1) is 18.4 Å². The number of hydrogen-bond donors (Lipinski definition) is 0. The molecule has 0 radical (unpaired) electrons. The zero-order valence-electron chi connectivity index (χ0n) is 9.84. The molecule has 0 aliphatic carbocycles. The van der Waals surface area contributed by atoms with Crippen molar-refractivity contribution in [1.29, 1.82) is 0 Å². The Hall–Kier alpha value is -1.91. The van der Waals surface area contributed by atoms with Gasteiger partial charge in [-0.2, -0.15) is 0 Å². The summed E-state index contributed by atoms with van der Waals surface area (Å²) in [5.74, 6) is -0.588. The third-order valence-corrected chi connectivity index (χ3v) is 2.79. The molecule has 5 heteroatoms. The van der Waals surface area contributed by atoms with E-state index >= 15 is 0 Å². The van der Waals surface area contributed by atoms with Gasteiger partial charge in [0.25, 0.3) is 5.91 Å². The van der Waals surface area contributed by atoms with Crippen LogP contribution in [-0.2, 0) is 9.53 Å². The lowest BCUT2D eigenvalue weighted by Crippen LogP contribution is -2.34. The first-order valence-electron chi connectivity index (χ1n) is 5.54. The van der Waals surface area contributed by atoms with E-state index in [4.69, 9.17) is 4.74 Å². The smallest absolute Gasteiger partial charge is 0.334 e. The summed E-state index contributed by atoms with van der Waals surface area (Å²) in [6.07, 6.45) is 2.37. The van der Waals surface area contributed by atoms with E-state index < -0.39 is 12.0 Å². The van der Waals surface area contributed by atoms with Gasteiger partial charge in [-0.25, -0.2) is 4.79 Å². The molecule has 1 aromatic heterocycles. The topological polar surface area (TPSA) is 59.5 Å². The van der Waals surface area contributed by atoms with Crippen molar-refractivity contribution in [2.75, 3.05) is 13.7 Å². The average Bonchev–Trinajstić information content (AvgIpc) is 2.63. The number of fused-ring (bicyclic) bond motifs is 1. The Morgan fingerprint density at radius 3 is 3.00 bits per heavy atom. The second-order valence-electron chi connectivity index (χ2n) is 3.86. The minimum absolute atomic E-state index is 0.148. The van der Waals surface area contributed by atoms with Gasteiger partial charge in [0.2, 0.25) is 0 Å². The molecule has 2 heterocycles. The summed E-state index contributed by atoms with van der Waals surface area (Å²) in [7, 11) is 1.32. The van der Waals surface area contributed by atoms with E-state index in [1.54, 1.807) is 18.3 Å². The Labute approximate surface area is 99.4 Å². The quantitative estimate of drug-likeness (QED) is 0.736. The number of carbonyl (C=O) groups excluding carboxylic acids is 2. The van der Waals surface area contributed by atoms with Crippen LogP contribution >= 0.6 is 0 Å². The van der Waals surface area contributed by atoms with Crippen LogP contribution in [0.2, 0.25) is 0 Å². The van der Waals surface area contributed by atoms with Gasteiger partial charge in [-0.15, -0.1) is 0 Å². The number of carbonyl (C=O) groups is 2. The molecule has 0 N–H and O–H groups in total. The normalized spacial score (nSPS) is 18.1. The molecule has 0 saturated heterocycles. The first-order chi connectivity index (χ1) is 8.20. The highest BCUT2D eigenvalue weighted by molar-refractivity contribution is 6.03. The SMILES string of the molecule is CCCN1C(=O)c2cccnc2[C@H]1C(=O)OC. The van der Waals surface area contributed by atoms with Gasteiger partial charge in [0.15, 0.2) is 6.04 Å². The molecular formula is C12H14N2O3. The zero-order valence-corrected chi connectivity index (χ0v) is 9.84. The molecule has 0 fully saturated rings. The summed E-state index contributed by atoms with van der Waals surface area (Å²) in [5, 5.41) is 0. The molecule has 0 saturated carbocycles. The highest BCUT2D eigenvalue weighted by Crippen LogP contribution is 2.32. The summed E-state index contributed by atoms with van der Waals surface area (Å²) in [4.78, 5) is 29.5. The first kappa shape index (κ1) is 11.6. The van der Waals surface area contributed by atoms with Gasteiger partial charge >= 0.3 is 5.97 Å². The van der Waals surface area contributed by atoms with Crippen molar-refractivity contribution in [2.24, 2.45) is 0 Å². The second-order valence-corrected chi connectivity index (χ2v) is 3.86. The predicted molar refractivity (Wildman–Crippen MR) is 60.3 cm³/mol. The second kappa shape index (κ2) is 4.53. The fourth-order valence-electron chi connectivity index (χ4n) is 2.06. The number of methoxy groups -OCH3 is 1. The van der Waals surface area contributed by atoms with Crippen molar-refractivity contribution in [3.05, 3.63) is 29.6 Å². The van der Waals surface area contributed by atoms with Gasteiger partial charge in [0.1, 0.15) is 0 Å². The number of hydrogen-bond acceptors (Lipinski definition) is 4.